The van der Waals surface area contributed by atoms with Gasteiger partial charge in [-0.15, -0.1) is 0 Å². The Balaban J connectivity index is 2.52. The smallest absolute Gasteiger partial charge is 0.124 e. The average molecular weight is 187 g/mol. The Kier molecular flexibility index (Phi) is 2.27. The molecule has 0 unspecified atom stereocenters. The van der Waals surface area contributed by atoms with E-state index in [0.29, 0.717) is 0 Å². The largest absolute Gasteiger partial charge is 0.265 e. The molecule has 0 radical (unpaired) electrons. The summed E-state index contributed by atoms with van der Waals surface area (Å²) in [6.07, 6.45) is 3.41. The predicted octanol–water partition coefficient (Wildman–Crippen LogP) is 3.20. The van der Waals surface area contributed by atoms with Crippen LogP contribution in [-0.2, 0) is 0 Å². The van der Waals surface area contributed by atoms with Crippen molar-refractivity contribution in [2.75, 3.05) is 0 Å². The highest BCUT2D eigenvalue weighted by molar-refractivity contribution is 5.63. The van der Waals surface area contributed by atoms with Crippen molar-refractivity contribution in [3.05, 3.63) is 54.1 Å². The van der Waals surface area contributed by atoms with E-state index in [1.807, 2.05) is 25.1 Å². The van der Waals surface area contributed by atoms with Crippen molar-refractivity contribution in [2.45, 2.75) is 6.92 Å². The van der Waals surface area contributed by atoms with Crippen LogP contribution in [0.25, 0.3) is 11.1 Å². The van der Waals surface area contributed by atoms with Gasteiger partial charge in [-0.1, -0.05) is 6.07 Å². The van der Waals surface area contributed by atoms with Gasteiger partial charge in [0.1, 0.15) is 5.82 Å². The molecule has 0 spiro atoms. The topological polar surface area (TPSA) is 12.9 Å². The molecule has 2 rings (SSSR count). The molecular weight excluding hydrogens is 177 g/mol. The molecule has 70 valence electrons. The monoisotopic (exact) mass is 187 g/mol. The average Bonchev–Trinajstić information content (AvgIpc) is 2.18. The molecular formula is C12H10FN. The third-order valence-corrected chi connectivity index (χ3v) is 2.06. The Bertz CT molecular complexity index is 417. The number of hydrogen-bond donors (Lipinski definition) is 0. The third-order valence-electron chi connectivity index (χ3n) is 2.06. The molecule has 0 aliphatic rings. The van der Waals surface area contributed by atoms with Crippen molar-refractivity contribution in [2.24, 2.45) is 0 Å². The molecule has 2 aromatic rings. The summed E-state index contributed by atoms with van der Waals surface area (Å²) in [6, 6.07) is 8.74. The SMILES string of the molecule is Cc1cc(F)cc(-c2ccncc2)c1. The minimum absolute atomic E-state index is 0.197. The highest BCUT2D eigenvalue weighted by atomic mass is 19.1. The Morgan fingerprint density at radius 2 is 1.71 bits per heavy atom. The van der Waals surface area contributed by atoms with E-state index in [1.54, 1.807) is 12.4 Å². The lowest BCUT2D eigenvalue weighted by Crippen LogP contribution is -1.83. The minimum atomic E-state index is -0.197. The van der Waals surface area contributed by atoms with Crippen molar-refractivity contribution in [3.63, 3.8) is 0 Å². The van der Waals surface area contributed by atoms with E-state index < -0.39 is 0 Å². The first-order valence-electron chi connectivity index (χ1n) is 4.43. The second kappa shape index (κ2) is 3.58. The summed E-state index contributed by atoms with van der Waals surface area (Å²) in [5.41, 5.74) is 2.81. The fraction of sp³-hybridized carbons (Fsp3) is 0.0833. The molecule has 0 bridgehead atoms. The molecule has 0 fully saturated rings. The molecule has 1 heterocycles. The maximum absolute atomic E-state index is 13.1. The first-order chi connectivity index (χ1) is 6.75. The maximum Gasteiger partial charge on any atom is 0.124 e. The van der Waals surface area contributed by atoms with Gasteiger partial charge in [-0.25, -0.2) is 4.39 Å². The number of pyridine rings is 1. The molecule has 1 aromatic heterocycles. The molecule has 2 heteroatoms. The van der Waals surface area contributed by atoms with Gasteiger partial charge >= 0.3 is 0 Å². The summed E-state index contributed by atoms with van der Waals surface area (Å²) >= 11 is 0. The molecule has 0 amide bonds. The van der Waals surface area contributed by atoms with E-state index >= 15 is 0 Å². The van der Waals surface area contributed by atoms with Gasteiger partial charge in [-0.3, -0.25) is 4.98 Å². The molecule has 14 heavy (non-hydrogen) atoms. The lowest BCUT2D eigenvalue weighted by Gasteiger charge is -2.02. The number of aryl methyl sites for hydroxylation is 1. The first kappa shape index (κ1) is 8.88. The third kappa shape index (κ3) is 1.79. The minimum Gasteiger partial charge on any atom is -0.265 e. The van der Waals surface area contributed by atoms with E-state index in [2.05, 4.69) is 4.98 Å². The molecule has 1 nitrogen and oxygen atoms in total. The zero-order valence-electron chi connectivity index (χ0n) is 7.87. The number of halogens is 1. The van der Waals surface area contributed by atoms with E-state index in [0.717, 1.165) is 16.7 Å². The van der Waals surface area contributed by atoms with Gasteiger partial charge < -0.3 is 0 Å². The number of benzene rings is 1. The summed E-state index contributed by atoms with van der Waals surface area (Å²) in [5, 5.41) is 0. The summed E-state index contributed by atoms with van der Waals surface area (Å²) in [5.74, 6) is -0.197. The standard InChI is InChI=1S/C12H10FN/c1-9-6-11(8-12(13)7-9)10-2-4-14-5-3-10/h2-8H,1H3. The molecule has 0 saturated carbocycles. The molecule has 1 aromatic carbocycles. The van der Waals surface area contributed by atoms with Crippen LogP contribution in [0.2, 0.25) is 0 Å². The fourth-order valence-corrected chi connectivity index (χ4v) is 1.45. The van der Waals surface area contributed by atoms with Crippen molar-refractivity contribution < 1.29 is 4.39 Å². The van der Waals surface area contributed by atoms with Crippen molar-refractivity contribution in [1.82, 2.24) is 4.98 Å². The number of rotatable bonds is 1. The van der Waals surface area contributed by atoms with Crippen LogP contribution in [0.4, 0.5) is 4.39 Å². The summed E-state index contributed by atoms with van der Waals surface area (Å²) in [7, 11) is 0. The number of aromatic nitrogens is 1. The normalized spacial score (nSPS) is 10.1. The van der Waals surface area contributed by atoms with E-state index in [-0.39, 0.29) is 5.82 Å². The van der Waals surface area contributed by atoms with Crippen LogP contribution in [0.15, 0.2) is 42.7 Å². The lowest BCUT2D eigenvalue weighted by molar-refractivity contribution is 0.627. The van der Waals surface area contributed by atoms with Gasteiger partial charge in [0.05, 0.1) is 0 Å². The van der Waals surface area contributed by atoms with Crippen LogP contribution in [0.5, 0.6) is 0 Å². The number of hydrogen-bond acceptors (Lipinski definition) is 1. The highest BCUT2D eigenvalue weighted by Crippen LogP contribution is 2.20. The highest BCUT2D eigenvalue weighted by Gasteiger charge is 1.99. The van der Waals surface area contributed by atoms with Crippen LogP contribution >= 0.6 is 0 Å². The zero-order chi connectivity index (χ0) is 9.97. The van der Waals surface area contributed by atoms with Gasteiger partial charge in [0.2, 0.25) is 0 Å². The zero-order valence-corrected chi connectivity index (χ0v) is 7.87. The van der Waals surface area contributed by atoms with Crippen molar-refractivity contribution in [3.8, 4) is 11.1 Å². The van der Waals surface area contributed by atoms with Gasteiger partial charge in [0.15, 0.2) is 0 Å². The molecule has 0 saturated heterocycles. The second-order valence-electron chi connectivity index (χ2n) is 3.25. The van der Waals surface area contributed by atoms with Gasteiger partial charge in [0.25, 0.3) is 0 Å². The molecule has 0 aliphatic carbocycles. The Labute approximate surface area is 82.2 Å². The van der Waals surface area contributed by atoms with Crippen LogP contribution in [0, 0.1) is 12.7 Å². The molecule has 0 N–H and O–H groups in total. The Hall–Kier alpha value is -1.70. The van der Waals surface area contributed by atoms with Gasteiger partial charge in [-0.05, 0) is 47.9 Å². The van der Waals surface area contributed by atoms with Crippen LogP contribution < -0.4 is 0 Å². The van der Waals surface area contributed by atoms with Crippen molar-refractivity contribution >= 4 is 0 Å². The maximum atomic E-state index is 13.1. The van der Waals surface area contributed by atoms with Gasteiger partial charge in [-0.2, -0.15) is 0 Å². The van der Waals surface area contributed by atoms with E-state index in [4.69, 9.17) is 0 Å². The predicted molar refractivity (Wildman–Crippen MR) is 54.4 cm³/mol. The Morgan fingerprint density at radius 1 is 1.00 bits per heavy atom. The summed E-state index contributed by atoms with van der Waals surface area (Å²) in [4.78, 5) is 3.92. The quantitative estimate of drug-likeness (QED) is 0.668. The van der Waals surface area contributed by atoms with Crippen LogP contribution in [-0.4, -0.2) is 4.98 Å². The van der Waals surface area contributed by atoms with E-state index in [1.165, 1.54) is 12.1 Å². The summed E-state index contributed by atoms with van der Waals surface area (Å²) < 4.78 is 13.1. The van der Waals surface area contributed by atoms with Crippen LogP contribution in [0.1, 0.15) is 5.56 Å². The first-order valence-corrected chi connectivity index (χ1v) is 4.43. The Morgan fingerprint density at radius 3 is 2.36 bits per heavy atom. The van der Waals surface area contributed by atoms with Crippen LogP contribution in [0.3, 0.4) is 0 Å². The molecule has 0 atom stereocenters. The molecule has 0 aliphatic heterocycles. The van der Waals surface area contributed by atoms with Gasteiger partial charge in [0, 0.05) is 12.4 Å². The second-order valence-corrected chi connectivity index (χ2v) is 3.25. The van der Waals surface area contributed by atoms with E-state index in [9.17, 15) is 4.39 Å². The fourth-order valence-electron chi connectivity index (χ4n) is 1.45. The summed E-state index contributed by atoms with van der Waals surface area (Å²) in [6.45, 7) is 1.88. The number of nitrogens with zero attached hydrogens (tertiary/aromatic N) is 1. The lowest BCUT2D eigenvalue weighted by atomic mass is 10.0. The van der Waals surface area contributed by atoms with Crippen molar-refractivity contribution in [1.29, 1.82) is 0 Å².